The number of rotatable bonds is 0. The van der Waals surface area contributed by atoms with Gasteiger partial charge in [-0.05, 0) is 12.2 Å². The van der Waals surface area contributed by atoms with Crippen LogP contribution in [0.3, 0.4) is 0 Å². The van der Waals surface area contributed by atoms with Crippen molar-refractivity contribution in [1.82, 2.24) is 9.47 Å². The summed E-state index contributed by atoms with van der Waals surface area (Å²) in [6.45, 7) is 3.32. The summed E-state index contributed by atoms with van der Waals surface area (Å²) in [5, 5.41) is 0.855. The molecule has 0 saturated carbocycles. The van der Waals surface area contributed by atoms with E-state index in [2.05, 4.69) is 4.90 Å². The third kappa shape index (κ3) is 1.93. The van der Waals surface area contributed by atoms with Crippen molar-refractivity contribution in [3.63, 3.8) is 0 Å². The Kier molecular flexibility index (Phi) is 2.79. The second-order valence-electron chi connectivity index (χ2n) is 3.37. The van der Waals surface area contributed by atoms with Crippen molar-refractivity contribution in [2.24, 2.45) is 7.05 Å². The highest BCUT2D eigenvalue weighted by atomic mass is 32.1. The zero-order valence-corrected chi connectivity index (χ0v) is 9.04. The number of ether oxygens (including phenoxy) is 1. The van der Waals surface area contributed by atoms with Gasteiger partial charge < -0.3 is 9.64 Å². The van der Waals surface area contributed by atoms with E-state index in [1.807, 2.05) is 34.9 Å². The van der Waals surface area contributed by atoms with Crippen molar-refractivity contribution in [3.05, 3.63) is 18.7 Å². The summed E-state index contributed by atoms with van der Waals surface area (Å²) in [7, 11) is 1.98. The molecule has 0 bridgehead atoms. The van der Waals surface area contributed by atoms with Gasteiger partial charge in [0.15, 0.2) is 0 Å². The summed E-state index contributed by atoms with van der Waals surface area (Å²) < 4.78 is 9.21. The zero-order chi connectivity index (χ0) is 9.97. The van der Waals surface area contributed by atoms with Crippen LogP contribution in [0, 0.1) is 0 Å². The van der Waals surface area contributed by atoms with Gasteiger partial charge in [-0.1, -0.05) is 0 Å². The number of thiocarbonyl (C=S) groups is 1. The fourth-order valence-corrected chi connectivity index (χ4v) is 1.77. The predicted octanol–water partition coefficient (Wildman–Crippen LogP) is -0.222. The van der Waals surface area contributed by atoms with Gasteiger partial charge in [0, 0.05) is 13.1 Å². The molecule has 1 saturated heterocycles. The molecule has 14 heavy (non-hydrogen) atoms. The molecule has 4 nitrogen and oxygen atoms in total. The minimum Gasteiger partial charge on any atom is -0.378 e. The Morgan fingerprint density at radius 1 is 1.43 bits per heavy atom. The number of imidazole rings is 1. The van der Waals surface area contributed by atoms with Crippen LogP contribution in [0.15, 0.2) is 18.7 Å². The standard InChI is InChI=1S/C9H14N3OS/c1-10-2-3-12(8-10)9(14)11-4-6-13-7-5-11/h2-3,8H,4-7H2,1H3/q+1. The number of aryl methyl sites for hydroxylation is 1. The number of aromatic nitrogens is 2. The van der Waals surface area contributed by atoms with Gasteiger partial charge >= 0.3 is 0 Å². The van der Waals surface area contributed by atoms with Gasteiger partial charge in [-0.2, -0.15) is 4.57 Å². The summed E-state index contributed by atoms with van der Waals surface area (Å²) in [6.07, 6.45) is 5.92. The Balaban J connectivity index is 2.07. The first-order valence-electron chi connectivity index (χ1n) is 4.67. The molecule has 1 aromatic rings. The van der Waals surface area contributed by atoms with Crippen LogP contribution in [0.4, 0.5) is 0 Å². The lowest BCUT2D eigenvalue weighted by atomic mass is 10.4. The first kappa shape index (κ1) is 9.61. The summed E-state index contributed by atoms with van der Waals surface area (Å²) in [5.74, 6) is 0. The molecular formula is C9H14N3OS+. The van der Waals surface area contributed by atoms with E-state index in [1.165, 1.54) is 0 Å². The molecule has 0 aliphatic carbocycles. The fraction of sp³-hybridized carbons (Fsp3) is 0.556. The average Bonchev–Trinajstić information content (AvgIpc) is 2.65. The van der Waals surface area contributed by atoms with Crippen LogP contribution >= 0.6 is 12.2 Å². The lowest BCUT2D eigenvalue weighted by Crippen LogP contribution is -2.42. The number of hydrogen-bond donors (Lipinski definition) is 0. The molecule has 1 aliphatic heterocycles. The second-order valence-corrected chi connectivity index (χ2v) is 3.73. The van der Waals surface area contributed by atoms with Crippen LogP contribution in [-0.2, 0) is 11.8 Å². The summed E-state index contributed by atoms with van der Waals surface area (Å²) in [4.78, 5) is 2.17. The lowest BCUT2D eigenvalue weighted by molar-refractivity contribution is -0.670. The lowest BCUT2D eigenvalue weighted by Gasteiger charge is -2.26. The molecule has 76 valence electrons. The van der Waals surface area contributed by atoms with Crippen molar-refractivity contribution in [3.8, 4) is 0 Å². The predicted molar refractivity (Wildman–Crippen MR) is 56.0 cm³/mol. The molecule has 1 aromatic heterocycles. The Morgan fingerprint density at radius 3 is 2.71 bits per heavy atom. The van der Waals surface area contributed by atoms with E-state index in [1.54, 1.807) is 0 Å². The monoisotopic (exact) mass is 212 g/mol. The minimum absolute atomic E-state index is 0.771. The summed E-state index contributed by atoms with van der Waals surface area (Å²) >= 11 is 5.37. The molecule has 1 fully saturated rings. The van der Waals surface area contributed by atoms with Gasteiger partial charge in [-0.3, -0.25) is 0 Å². The average molecular weight is 212 g/mol. The Morgan fingerprint density at radius 2 is 2.14 bits per heavy atom. The smallest absolute Gasteiger partial charge is 0.270 e. The summed E-state index contributed by atoms with van der Waals surface area (Å²) in [6, 6.07) is 0. The highest BCUT2D eigenvalue weighted by molar-refractivity contribution is 7.80. The molecular weight excluding hydrogens is 198 g/mol. The molecule has 0 N–H and O–H groups in total. The topological polar surface area (TPSA) is 21.3 Å². The molecule has 0 spiro atoms. The van der Waals surface area contributed by atoms with Crippen molar-refractivity contribution in [1.29, 1.82) is 0 Å². The van der Waals surface area contributed by atoms with Gasteiger partial charge in [-0.25, -0.2) is 4.57 Å². The molecule has 0 unspecified atom stereocenters. The molecule has 1 aliphatic rings. The van der Waals surface area contributed by atoms with Crippen molar-refractivity contribution in [2.75, 3.05) is 26.3 Å². The highest BCUT2D eigenvalue weighted by Gasteiger charge is 2.18. The van der Waals surface area contributed by atoms with Crippen LogP contribution in [0.1, 0.15) is 0 Å². The molecule has 0 amide bonds. The molecule has 5 heteroatoms. The molecule has 2 rings (SSSR count). The van der Waals surface area contributed by atoms with E-state index in [9.17, 15) is 0 Å². The first-order valence-corrected chi connectivity index (χ1v) is 5.08. The van der Waals surface area contributed by atoms with Crippen LogP contribution in [0.5, 0.6) is 0 Å². The molecule has 0 aromatic carbocycles. The van der Waals surface area contributed by atoms with E-state index in [-0.39, 0.29) is 0 Å². The third-order valence-electron chi connectivity index (χ3n) is 2.27. The quantitative estimate of drug-likeness (QED) is 0.438. The van der Waals surface area contributed by atoms with Crippen molar-refractivity contribution < 1.29 is 9.30 Å². The maximum absolute atomic E-state index is 5.37. The molecule has 0 radical (unpaired) electrons. The normalized spacial score (nSPS) is 17.1. The zero-order valence-electron chi connectivity index (χ0n) is 8.22. The van der Waals surface area contributed by atoms with E-state index < -0.39 is 0 Å². The van der Waals surface area contributed by atoms with E-state index in [0.717, 1.165) is 31.4 Å². The summed E-state index contributed by atoms with van der Waals surface area (Å²) in [5.41, 5.74) is 0. The van der Waals surface area contributed by atoms with E-state index in [4.69, 9.17) is 17.0 Å². The Hall–Kier alpha value is -0.940. The Bertz CT molecular complexity index is 331. The second kappa shape index (κ2) is 4.06. The van der Waals surface area contributed by atoms with Crippen molar-refractivity contribution >= 4 is 17.3 Å². The van der Waals surface area contributed by atoms with Crippen molar-refractivity contribution in [2.45, 2.75) is 0 Å². The maximum atomic E-state index is 5.37. The van der Waals surface area contributed by atoms with E-state index >= 15 is 0 Å². The maximum Gasteiger partial charge on any atom is 0.270 e. The fourth-order valence-electron chi connectivity index (χ4n) is 1.48. The van der Waals surface area contributed by atoms with Gasteiger partial charge in [0.25, 0.3) is 11.4 Å². The first-order chi connectivity index (χ1) is 6.77. The SMILES string of the molecule is C[n+]1ccn(C(=S)N2CCOCC2)c1. The van der Waals surface area contributed by atoms with Gasteiger partial charge in [0.05, 0.1) is 20.3 Å². The van der Waals surface area contributed by atoms with Crippen LogP contribution in [0.25, 0.3) is 0 Å². The number of nitrogens with zero attached hydrogens (tertiary/aromatic N) is 3. The largest absolute Gasteiger partial charge is 0.378 e. The van der Waals surface area contributed by atoms with E-state index in [0.29, 0.717) is 0 Å². The number of hydrogen-bond acceptors (Lipinski definition) is 2. The Labute approximate surface area is 88.7 Å². The highest BCUT2D eigenvalue weighted by Crippen LogP contribution is 2.00. The molecule has 2 heterocycles. The number of morpholine rings is 1. The van der Waals surface area contributed by atoms with Gasteiger partial charge in [-0.15, -0.1) is 0 Å². The van der Waals surface area contributed by atoms with Gasteiger partial charge in [0.1, 0.15) is 12.4 Å². The molecule has 0 atom stereocenters. The van der Waals surface area contributed by atoms with Crippen LogP contribution in [-0.4, -0.2) is 40.9 Å². The van der Waals surface area contributed by atoms with Crippen LogP contribution < -0.4 is 4.57 Å². The van der Waals surface area contributed by atoms with Crippen LogP contribution in [0.2, 0.25) is 0 Å². The van der Waals surface area contributed by atoms with Gasteiger partial charge in [0.2, 0.25) is 0 Å². The third-order valence-corrected chi connectivity index (χ3v) is 2.74. The minimum atomic E-state index is 0.771.